The molecule has 1 aromatic heterocycles. The number of methoxy groups -OCH3 is 2. The lowest BCUT2D eigenvalue weighted by atomic mass is 10.1. The summed E-state index contributed by atoms with van der Waals surface area (Å²) in [6.45, 7) is 0.731. The van der Waals surface area contributed by atoms with Crippen LogP contribution in [0.1, 0.15) is 23.2 Å². The summed E-state index contributed by atoms with van der Waals surface area (Å²) in [6, 6.07) is 2.74. The van der Waals surface area contributed by atoms with Gasteiger partial charge in [0.25, 0.3) is 11.6 Å². The number of nitro benzene ring substituents is 1. The van der Waals surface area contributed by atoms with Crippen molar-refractivity contribution in [1.82, 2.24) is 14.9 Å². The number of hydrogen-bond acceptors (Lipinski definition) is 8. The monoisotopic (exact) mass is 466 g/mol. The first-order valence-electron chi connectivity index (χ1n) is 8.76. The minimum atomic E-state index is -0.608. The molecule has 0 saturated carbocycles. The highest BCUT2D eigenvalue weighted by Gasteiger charge is 2.31. The fraction of sp³-hybridized carbons (Fsp3) is 0.389. The topological polar surface area (TPSA) is 117 Å². The van der Waals surface area contributed by atoms with Crippen LogP contribution in [0.5, 0.6) is 17.5 Å². The number of carbonyl (C=O) groups excluding carboxylic acids is 1. The fourth-order valence-electron chi connectivity index (χ4n) is 3.09. The number of nitro groups is 1. The minimum absolute atomic E-state index is 0.0619. The SMILES string of the molecule is COc1cc(C(=O)N2CCCC(Oc3ncc(Br)cn3)C2)c([N+](=O)[O-])cc1OC. The van der Waals surface area contributed by atoms with Gasteiger partial charge in [0.2, 0.25) is 0 Å². The lowest BCUT2D eigenvalue weighted by molar-refractivity contribution is -0.385. The predicted octanol–water partition coefficient (Wildman–Crippen LogP) is 2.85. The van der Waals surface area contributed by atoms with Crippen LogP contribution in [0.25, 0.3) is 0 Å². The molecule has 1 aromatic carbocycles. The van der Waals surface area contributed by atoms with Gasteiger partial charge >= 0.3 is 6.01 Å². The van der Waals surface area contributed by atoms with Crippen molar-refractivity contribution in [3.05, 3.63) is 44.7 Å². The van der Waals surface area contributed by atoms with Crippen LogP contribution >= 0.6 is 15.9 Å². The molecule has 1 saturated heterocycles. The molecule has 1 aliphatic rings. The van der Waals surface area contributed by atoms with E-state index in [0.29, 0.717) is 13.0 Å². The van der Waals surface area contributed by atoms with Crippen LogP contribution in [0.4, 0.5) is 5.69 Å². The molecule has 0 aliphatic carbocycles. The quantitative estimate of drug-likeness (QED) is 0.470. The van der Waals surface area contributed by atoms with Gasteiger partial charge in [-0.3, -0.25) is 14.9 Å². The molecule has 154 valence electrons. The average molecular weight is 467 g/mol. The second kappa shape index (κ2) is 9.03. The summed E-state index contributed by atoms with van der Waals surface area (Å²) in [7, 11) is 2.78. The molecule has 1 atom stereocenters. The minimum Gasteiger partial charge on any atom is -0.493 e. The fourth-order valence-corrected chi connectivity index (χ4v) is 3.29. The maximum absolute atomic E-state index is 13.1. The Morgan fingerprint density at radius 2 is 1.90 bits per heavy atom. The highest BCUT2D eigenvalue weighted by atomic mass is 79.9. The van der Waals surface area contributed by atoms with Crippen LogP contribution in [0.2, 0.25) is 0 Å². The van der Waals surface area contributed by atoms with Gasteiger partial charge in [0.1, 0.15) is 11.7 Å². The molecule has 10 nitrogen and oxygen atoms in total. The molecule has 0 N–H and O–H groups in total. The number of nitrogens with zero attached hydrogens (tertiary/aromatic N) is 4. The summed E-state index contributed by atoms with van der Waals surface area (Å²) in [5.74, 6) is -0.0415. The highest BCUT2D eigenvalue weighted by molar-refractivity contribution is 9.10. The van der Waals surface area contributed by atoms with Crippen molar-refractivity contribution < 1.29 is 23.9 Å². The summed E-state index contributed by atoms with van der Waals surface area (Å²) in [5, 5.41) is 11.5. The average Bonchev–Trinajstić information content (AvgIpc) is 2.74. The number of ether oxygens (including phenoxy) is 3. The van der Waals surface area contributed by atoms with Gasteiger partial charge in [0.15, 0.2) is 11.5 Å². The van der Waals surface area contributed by atoms with Crippen LogP contribution in [0.15, 0.2) is 29.0 Å². The van der Waals surface area contributed by atoms with E-state index in [1.807, 2.05) is 0 Å². The van der Waals surface area contributed by atoms with E-state index < -0.39 is 10.8 Å². The molecule has 0 spiro atoms. The zero-order valence-electron chi connectivity index (χ0n) is 15.8. The molecule has 0 radical (unpaired) electrons. The Morgan fingerprint density at radius 3 is 2.52 bits per heavy atom. The van der Waals surface area contributed by atoms with Crippen molar-refractivity contribution in [2.45, 2.75) is 18.9 Å². The Morgan fingerprint density at radius 1 is 1.24 bits per heavy atom. The Balaban J connectivity index is 1.82. The Hall–Kier alpha value is -2.95. The predicted molar refractivity (Wildman–Crippen MR) is 105 cm³/mol. The van der Waals surface area contributed by atoms with Gasteiger partial charge in [-0.2, -0.15) is 0 Å². The third kappa shape index (κ3) is 4.73. The Kier molecular flexibility index (Phi) is 6.47. The smallest absolute Gasteiger partial charge is 0.316 e. The van der Waals surface area contributed by atoms with E-state index in [1.54, 1.807) is 12.4 Å². The van der Waals surface area contributed by atoms with E-state index in [4.69, 9.17) is 14.2 Å². The van der Waals surface area contributed by atoms with Crippen LogP contribution in [-0.2, 0) is 0 Å². The van der Waals surface area contributed by atoms with Crippen LogP contribution in [-0.4, -0.2) is 59.1 Å². The molecule has 3 rings (SSSR count). The zero-order valence-corrected chi connectivity index (χ0v) is 17.4. The number of likely N-dealkylation sites (tertiary alicyclic amines) is 1. The maximum Gasteiger partial charge on any atom is 0.316 e. The lowest BCUT2D eigenvalue weighted by Gasteiger charge is -2.32. The van der Waals surface area contributed by atoms with Gasteiger partial charge in [-0.15, -0.1) is 0 Å². The molecule has 1 amide bonds. The summed E-state index contributed by atoms with van der Waals surface area (Å²) >= 11 is 3.26. The van der Waals surface area contributed by atoms with E-state index in [9.17, 15) is 14.9 Å². The van der Waals surface area contributed by atoms with Crippen LogP contribution in [0, 0.1) is 10.1 Å². The van der Waals surface area contributed by atoms with Crippen LogP contribution < -0.4 is 14.2 Å². The molecular weight excluding hydrogens is 448 g/mol. The molecule has 29 heavy (non-hydrogen) atoms. The molecule has 0 bridgehead atoms. The summed E-state index contributed by atoms with van der Waals surface area (Å²) < 4.78 is 16.8. The van der Waals surface area contributed by atoms with Gasteiger partial charge in [-0.25, -0.2) is 9.97 Å². The lowest BCUT2D eigenvalue weighted by Crippen LogP contribution is -2.44. The third-order valence-corrected chi connectivity index (χ3v) is 4.87. The first kappa shape index (κ1) is 20.8. The van der Waals surface area contributed by atoms with Crippen molar-refractivity contribution >= 4 is 27.5 Å². The second-order valence-corrected chi connectivity index (χ2v) is 7.21. The summed E-state index contributed by atoms with van der Waals surface area (Å²) in [4.78, 5) is 33.6. The summed E-state index contributed by atoms with van der Waals surface area (Å²) in [6.07, 6.45) is 4.24. The number of halogens is 1. The highest BCUT2D eigenvalue weighted by Crippen LogP contribution is 2.35. The Bertz CT molecular complexity index is 908. The van der Waals surface area contributed by atoms with Gasteiger partial charge in [-0.05, 0) is 28.8 Å². The van der Waals surface area contributed by atoms with E-state index in [0.717, 1.165) is 10.9 Å². The molecule has 1 unspecified atom stereocenters. The van der Waals surface area contributed by atoms with Crippen LogP contribution in [0.3, 0.4) is 0 Å². The number of carbonyl (C=O) groups is 1. The van der Waals surface area contributed by atoms with Crippen molar-refractivity contribution in [3.8, 4) is 17.5 Å². The second-order valence-electron chi connectivity index (χ2n) is 6.30. The number of rotatable bonds is 6. The van der Waals surface area contributed by atoms with Gasteiger partial charge in [0, 0.05) is 25.0 Å². The molecule has 2 aromatic rings. The number of hydrogen-bond donors (Lipinski definition) is 0. The van der Waals surface area contributed by atoms with E-state index in [-0.39, 0.29) is 41.4 Å². The van der Waals surface area contributed by atoms with Crippen molar-refractivity contribution in [1.29, 1.82) is 0 Å². The Labute approximate surface area is 175 Å². The molecule has 1 fully saturated rings. The normalized spacial score (nSPS) is 16.2. The number of benzene rings is 1. The first-order valence-corrected chi connectivity index (χ1v) is 9.56. The van der Waals surface area contributed by atoms with E-state index in [2.05, 4.69) is 25.9 Å². The van der Waals surface area contributed by atoms with E-state index >= 15 is 0 Å². The zero-order chi connectivity index (χ0) is 21.0. The molecule has 11 heteroatoms. The summed E-state index contributed by atoms with van der Waals surface area (Å²) in [5.41, 5.74) is -0.403. The number of piperidine rings is 1. The van der Waals surface area contributed by atoms with Crippen molar-refractivity contribution in [2.75, 3.05) is 27.3 Å². The van der Waals surface area contributed by atoms with Crippen molar-refractivity contribution in [3.63, 3.8) is 0 Å². The van der Waals surface area contributed by atoms with Gasteiger partial charge < -0.3 is 19.1 Å². The molecular formula is C18H19BrN4O6. The standard InChI is InChI=1S/C18H19BrN4O6/c1-27-15-6-13(14(23(25)26)7-16(15)28-2)17(24)22-5-3-4-12(10-22)29-18-20-8-11(19)9-21-18/h6-9,12H,3-5,10H2,1-2H3. The van der Waals surface area contributed by atoms with Crippen molar-refractivity contribution in [2.24, 2.45) is 0 Å². The molecule has 1 aliphatic heterocycles. The van der Waals surface area contributed by atoms with Gasteiger partial charge in [-0.1, -0.05) is 0 Å². The van der Waals surface area contributed by atoms with E-state index in [1.165, 1.54) is 31.3 Å². The van der Waals surface area contributed by atoms with Gasteiger partial charge in [0.05, 0.1) is 36.2 Å². The maximum atomic E-state index is 13.1. The number of aromatic nitrogens is 2. The third-order valence-electron chi connectivity index (χ3n) is 4.46. The largest absolute Gasteiger partial charge is 0.493 e. The molecule has 2 heterocycles. The first-order chi connectivity index (χ1) is 13.9. The number of amides is 1.